The van der Waals surface area contributed by atoms with E-state index in [1.807, 2.05) is 13.0 Å². The Morgan fingerprint density at radius 2 is 2.00 bits per heavy atom. The molecule has 1 N–H and O–H groups in total. The average Bonchev–Trinajstić information content (AvgIpc) is 3.13. The third kappa shape index (κ3) is 4.57. The van der Waals surface area contributed by atoms with Crippen LogP contribution in [0, 0.1) is 17.1 Å². The fraction of sp³-hybridized carbons (Fsp3) is 0.318. The fourth-order valence-electron chi connectivity index (χ4n) is 3.42. The molecule has 0 aliphatic carbocycles. The summed E-state index contributed by atoms with van der Waals surface area (Å²) in [6, 6.07) is 9.20. The molecule has 0 fully saturated rings. The summed E-state index contributed by atoms with van der Waals surface area (Å²) in [4.78, 5) is 17.2. The topological polar surface area (TPSA) is 116 Å². The molecule has 0 bridgehead atoms. The monoisotopic (exact) mass is 458 g/mol. The number of carbonyl (C=O) groups is 1. The van der Waals surface area contributed by atoms with Crippen molar-refractivity contribution in [1.82, 2.24) is 10.3 Å². The Labute approximate surface area is 185 Å². The number of halogens is 1. The van der Waals surface area contributed by atoms with Gasteiger partial charge in [-0.1, -0.05) is 6.92 Å². The second-order valence-electron chi connectivity index (χ2n) is 7.17. The van der Waals surface area contributed by atoms with E-state index in [1.165, 1.54) is 31.3 Å². The fourth-order valence-corrected chi connectivity index (χ4v) is 4.35. The minimum absolute atomic E-state index is 0.0871. The molecule has 3 rings (SSSR count). The number of amides is 1. The van der Waals surface area contributed by atoms with Gasteiger partial charge in [0.1, 0.15) is 17.4 Å². The molecule has 0 unspecified atom stereocenters. The van der Waals surface area contributed by atoms with Crippen LogP contribution in [0.3, 0.4) is 0 Å². The minimum atomic E-state index is -3.68. The van der Waals surface area contributed by atoms with Gasteiger partial charge in [-0.3, -0.25) is 9.10 Å². The molecule has 0 atom stereocenters. The highest BCUT2D eigenvalue weighted by Crippen LogP contribution is 2.36. The highest BCUT2D eigenvalue weighted by molar-refractivity contribution is 7.92. The van der Waals surface area contributed by atoms with Crippen LogP contribution in [-0.2, 0) is 16.4 Å². The molecule has 3 aromatic rings. The minimum Gasteiger partial charge on any atom is -0.437 e. The lowest BCUT2D eigenvalue weighted by Gasteiger charge is -2.23. The number of aryl methyl sites for hydroxylation is 1. The molecular formula is C22H23FN4O4S. The van der Waals surface area contributed by atoms with Gasteiger partial charge in [-0.2, -0.15) is 10.2 Å². The van der Waals surface area contributed by atoms with Gasteiger partial charge in [0.2, 0.25) is 15.7 Å². The van der Waals surface area contributed by atoms with Crippen LogP contribution in [0.5, 0.6) is 0 Å². The van der Waals surface area contributed by atoms with Crippen molar-refractivity contribution in [3.05, 3.63) is 47.3 Å². The Morgan fingerprint density at radius 1 is 1.31 bits per heavy atom. The number of hydrogen-bond donors (Lipinski definition) is 1. The molecule has 0 saturated carbocycles. The van der Waals surface area contributed by atoms with Gasteiger partial charge < -0.3 is 9.73 Å². The van der Waals surface area contributed by atoms with Gasteiger partial charge in [-0.15, -0.1) is 0 Å². The van der Waals surface area contributed by atoms with E-state index in [-0.39, 0.29) is 35.8 Å². The number of nitriles is 1. The molecule has 10 heteroatoms. The maximum Gasteiger partial charge on any atom is 0.255 e. The normalized spacial score (nSPS) is 11.3. The zero-order chi connectivity index (χ0) is 23.5. The van der Waals surface area contributed by atoms with Gasteiger partial charge in [0.05, 0.1) is 23.3 Å². The van der Waals surface area contributed by atoms with Crippen molar-refractivity contribution in [3.8, 4) is 17.4 Å². The molecule has 0 aliphatic rings. The molecule has 8 nitrogen and oxygen atoms in total. The third-order valence-electron chi connectivity index (χ3n) is 4.97. The first-order chi connectivity index (χ1) is 15.2. The average molecular weight is 459 g/mol. The van der Waals surface area contributed by atoms with Crippen molar-refractivity contribution in [2.45, 2.75) is 26.2 Å². The number of hydrogen-bond acceptors (Lipinski definition) is 6. The van der Waals surface area contributed by atoms with Crippen LogP contribution < -0.4 is 9.62 Å². The molecule has 0 spiro atoms. The van der Waals surface area contributed by atoms with E-state index in [0.29, 0.717) is 29.4 Å². The molecule has 1 aromatic carbocycles. The number of carbonyl (C=O) groups excluding carboxylic acids is 1. The predicted molar refractivity (Wildman–Crippen MR) is 119 cm³/mol. The van der Waals surface area contributed by atoms with Crippen molar-refractivity contribution in [2.24, 2.45) is 0 Å². The van der Waals surface area contributed by atoms with Gasteiger partial charge >= 0.3 is 0 Å². The Balaban J connectivity index is 2.27. The van der Waals surface area contributed by atoms with Crippen LogP contribution in [-0.4, -0.2) is 39.2 Å². The first-order valence-electron chi connectivity index (χ1n) is 10.00. The van der Waals surface area contributed by atoms with E-state index in [4.69, 9.17) is 9.68 Å². The third-order valence-corrected chi connectivity index (χ3v) is 6.12. The van der Waals surface area contributed by atoms with Crippen LogP contribution in [0.2, 0.25) is 0 Å². The van der Waals surface area contributed by atoms with E-state index in [0.717, 1.165) is 10.6 Å². The summed E-state index contributed by atoms with van der Waals surface area (Å²) in [6.07, 6.45) is 2.07. The van der Waals surface area contributed by atoms with Crippen molar-refractivity contribution < 1.29 is 22.0 Å². The van der Waals surface area contributed by atoms with Crippen LogP contribution in [0.25, 0.3) is 22.4 Å². The lowest BCUT2D eigenvalue weighted by Crippen LogP contribution is -2.32. The van der Waals surface area contributed by atoms with Gasteiger partial charge in [-0.25, -0.2) is 12.8 Å². The Bertz CT molecular complexity index is 1290. The van der Waals surface area contributed by atoms with E-state index >= 15 is 0 Å². The number of anilines is 1. The zero-order valence-electron chi connectivity index (χ0n) is 18.0. The number of rotatable bonds is 8. The Hall–Kier alpha value is -3.45. The van der Waals surface area contributed by atoms with Gasteiger partial charge in [0, 0.05) is 25.6 Å². The van der Waals surface area contributed by atoms with Gasteiger partial charge in [0.15, 0.2) is 0 Å². The molecule has 2 aromatic heterocycles. The quantitative estimate of drug-likeness (QED) is 0.515. The summed E-state index contributed by atoms with van der Waals surface area (Å²) in [7, 11) is -2.20. The predicted octanol–water partition coefficient (Wildman–Crippen LogP) is 3.63. The molecular weight excluding hydrogens is 435 g/mol. The van der Waals surface area contributed by atoms with Crippen molar-refractivity contribution in [2.75, 3.05) is 24.2 Å². The van der Waals surface area contributed by atoms with Crippen LogP contribution in [0.4, 0.5) is 10.2 Å². The number of furan rings is 1. The maximum absolute atomic E-state index is 13.4. The molecule has 0 aliphatic heterocycles. The second-order valence-corrected chi connectivity index (χ2v) is 9.07. The molecule has 1 amide bonds. The second kappa shape index (κ2) is 9.36. The number of sulfonamides is 1. The maximum atomic E-state index is 13.4. The van der Waals surface area contributed by atoms with Crippen LogP contribution >= 0.6 is 0 Å². The van der Waals surface area contributed by atoms with Crippen molar-refractivity contribution >= 4 is 32.8 Å². The van der Waals surface area contributed by atoms with Gasteiger partial charge in [-0.05, 0) is 48.7 Å². The first-order valence-corrected chi connectivity index (χ1v) is 11.8. The van der Waals surface area contributed by atoms with E-state index < -0.39 is 21.7 Å². The lowest BCUT2D eigenvalue weighted by atomic mass is 10.0. The van der Waals surface area contributed by atoms with Crippen LogP contribution in [0.15, 0.2) is 34.7 Å². The number of benzene rings is 1. The number of nitrogens with zero attached hydrogens (tertiary/aromatic N) is 3. The smallest absolute Gasteiger partial charge is 0.255 e. The van der Waals surface area contributed by atoms with Crippen LogP contribution in [0.1, 0.15) is 35.7 Å². The Kier molecular flexibility index (Phi) is 6.79. The van der Waals surface area contributed by atoms with E-state index in [9.17, 15) is 17.6 Å². The van der Waals surface area contributed by atoms with Gasteiger partial charge in [0.25, 0.3) is 5.91 Å². The van der Waals surface area contributed by atoms with Crippen molar-refractivity contribution in [3.63, 3.8) is 0 Å². The lowest BCUT2D eigenvalue weighted by molar-refractivity contribution is 0.0964. The number of fused-ring (bicyclic) bond motifs is 1. The summed E-state index contributed by atoms with van der Waals surface area (Å²) < 4.78 is 45.4. The summed E-state index contributed by atoms with van der Waals surface area (Å²) in [5, 5.41) is 11.8. The van der Waals surface area contributed by atoms with Crippen molar-refractivity contribution in [1.29, 1.82) is 5.26 Å². The number of nitrogens with one attached hydrogen (secondary N) is 1. The molecule has 168 valence electrons. The summed E-state index contributed by atoms with van der Waals surface area (Å²) >= 11 is 0. The number of unbranched alkanes of at least 4 members (excludes halogenated alkanes) is 1. The highest BCUT2D eigenvalue weighted by Gasteiger charge is 2.27. The molecule has 2 heterocycles. The summed E-state index contributed by atoms with van der Waals surface area (Å²) in [5.41, 5.74) is 1.41. The molecule has 32 heavy (non-hydrogen) atoms. The number of pyridine rings is 1. The molecule has 0 radical (unpaired) electrons. The SMILES string of the molecule is CCc1cc2c(C(=O)NC)c(-c3ccc(F)cc3)oc2nc1N(CCCC#N)S(C)(=O)=O. The van der Waals surface area contributed by atoms with E-state index in [2.05, 4.69) is 10.3 Å². The Morgan fingerprint density at radius 3 is 2.56 bits per heavy atom. The number of aromatic nitrogens is 1. The highest BCUT2D eigenvalue weighted by atomic mass is 32.2. The standard InChI is InChI=1S/C22H23FN4O4S/c1-4-14-13-17-18(21(28)25-2)19(15-7-9-16(23)10-8-15)31-22(17)26-20(14)27(32(3,29)30)12-6-5-11-24/h7-10,13H,4-6,12H2,1-3H3,(H,25,28). The van der Waals surface area contributed by atoms with E-state index in [1.54, 1.807) is 6.07 Å². The zero-order valence-corrected chi connectivity index (χ0v) is 18.8. The molecule has 0 saturated heterocycles. The summed E-state index contributed by atoms with van der Waals surface area (Å²) in [6.45, 7) is 1.94. The first kappa shape index (κ1) is 23.2. The largest absolute Gasteiger partial charge is 0.437 e. The summed E-state index contributed by atoms with van der Waals surface area (Å²) in [5.74, 6) is -0.431.